The number of anilines is 2. The number of benzene rings is 1. The van der Waals surface area contributed by atoms with Gasteiger partial charge in [0, 0.05) is 18.5 Å². The summed E-state index contributed by atoms with van der Waals surface area (Å²) in [4.78, 5) is 32.6. The molecule has 2 amide bonds. The third-order valence-corrected chi connectivity index (χ3v) is 4.40. The Kier molecular flexibility index (Phi) is 5.62. The number of rotatable bonds is 6. The van der Waals surface area contributed by atoms with Gasteiger partial charge in [0.15, 0.2) is 5.13 Å². The van der Waals surface area contributed by atoms with Crippen molar-refractivity contribution in [1.82, 2.24) is 15.4 Å². The number of thiazole rings is 1. The van der Waals surface area contributed by atoms with Crippen molar-refractivity contribution in [2.45, 2.75) is 6.92 Å². The van der Waals surface area contributed by atoms with E-state index in [1.807, 2.05) is 0 Å². The van der Waals surface area contributed by atoms with E-state index in [9.17, 15) is 9.59 Å². The van der Waals surface area contributed by atoms with Crippen LogP contribution >= 0.6 is 11.3 Å². The Labute approximate surface area is 159 Å². The van der Waals surface area contributed by atoms with Gasteiger partial charge in [-0.3, -0.25) is 14.5 Å². The zero-order chi connectivity index (χ0) is 19.2. The normalized spacial score (nSPS) is 10.7. The van der Waals surface area contributed by atoms with Gasteiger partial charge in [0.05, 0.1) is 24.7 Å². The van der Waals surface area contributed by atoms with Crippen molar-refractivity contribution in [3.05, 3.63) is 59.4 Å². The zero-order valence-electron chi connectivity index (χ0n) is 14.7. The van der Waals surface area contributed by atoms with Crippen molar-refractivity contribution < 1.29 is 14.3 Å². The second-order valence-electron chi connectivity index (χ2n) is 5.39. The number of H-pyrrole nitrogens is 1. The summed E-state index contributed by atoms with van der Waals surface area (Å²) in [5.74, 6) is 0.181. The van der Waals surface area contributed by atoms with Crippen LogP contribution in [0.2, 0.25) is 0 Å². The molecule has 0 saturated heterocycles. The number of ether oxygens (including phenoxy) is 1. The van der Waals surface area contributed by atoms with E-state index in [-0.39, 0.29) is 11.8 Å². The monoisotopic (exact) mass is 383 g/mol. The molecule has 0 atom stereocenters. The topological polar surface area (TPSA) is 99.7 Å². The highest BCUT2D eigenvalue weighted by Gasteiger charge is 2.17. The first kappa shape index (κ1) is 18.3. The number of carbonyl (C=O) groups excluding carboxylic acids is 2. The van der Waals surface area contributed by atoms with Crippen LogP contribution in [-0.4, -0.2) is 35.1 Å². The number of nitrogens with one attached hydrogen (secondary N) is 2. The lowest BCUT2D eigenvalue weighted by Crippen LogP contribution is -2.22. The molecule has 2 N–H and O–H groups in total. The highest BCUT2D eigenvalue weighted by Crippen LogP contribution is 2.29. The number of amides is 2. The maximum Gasteiger partial charge on any atom is 0.287 e. The van der Waals surface area contributed by atoms with Crippen LogP contribution < -0.4 is 15.1 Å². The second-order valence-corrected chi connectivity index (χ2v) is 6.23. The van der Waals surface area contributed by atoms with Crippen molar-refractivity contribution in [2.24, 2.45) is 5.10 Å². The van der Waals surface area contributed by atoms with Gasteiger partial charge in [-0.25, -0.2) is 10.4 Å². The average molecular weight is 383 g/mol. The molecule has 3 aromatic rings. The molecule has 27 heavy (non-hydrogen) atoms. The van der Waals surface area contributed by atoms with Gasteiger partial charge in [0.1, 0.15) is 11.4 Å². The lowest BCUT2D eigenvalue weighted by atomic mass is 10.3. The molecule has 8 nitrogen and oxygen atoms in total. The van der Waals surface area contributed by atoms with Crippen LogP contribution in [0.5, 0.6) is 5.75 Å². The Morgan fingerprint density at radius 3 is 2.70 bits per heavy atom. The number of aromatic amines is 1. The van der Waals surface area contributed by atoms with Gasteiger partial charge in [-0.15, -0.1) is 11.3 Å². The smallest absolute Gasteiger partial charge is 0.287 e. The van der Waals surface area contributed by atoms with Crippen LogP contribution in [0.15, 0.2) is 53.1 Å². The molecule has 3 rings (SSSR count). The molecule has 0 fully saturated rings. The average Bonchev–Trinajstić information content (AvgIpc) is 3.34. The highest BCUT2D eigenvalue weighted by molar-refractivity contribution is 7.14. The summed E-state index contributed by atoms with van der Waals surface area (Å²) in [5.41, 5.74) is 4.03. The van der Waals surface area contributed by atoms with Crippen molar-refractivity contribution in [3.8, 4) is 5.75 Å². The fourth-order valence-corrected chi connectivity index (χ4v) is 3.12. The SMILES string of the molecule is COc1ccc(N(C(C)=O)c2nc(/C=N\NC(=O)c3ccc[nH]3)cs2)cc1. The molecule has 0 spiro atoms. The van der Waals surface area contributed by atoms with Crippen molar-refractivity contribution >= 4 is 40.2 Å². The Bertz CT molecular complexity index is 948. The standard InChI is InChI=1S/C18H17N5O3S/c1-12(24)23(14-5-7-15(26-2)8-6-14)18-21-13(11-27-18)10-20-22-17(25)16-4-3-9-19-16/h3-11,19H,1-2H3,(H,22,25)/b20-10-. The second kappa shape index (κ2) is 8.28. The molecule has 0 aliphatic heterocycles. The Morgan fingerprint density at radius 1 is 1.30 bits per heavy atom. The largest absolute Gasteiger partial charge is 0.497 e. The fourth-order valence-electron chi connectivity index (χ4n) is 2.29. The van der Waals surface area contributed by atoms with Crippen LogP contribution in [0, 0.1) is 0 Å². The molecule has 2 aromatic heterocycles. The highest BCUT2D eigenvalue weighted by atomic mass is 32.1. The Morgan fingerprint density at radius 2 is 2.07 bits per heavy atom. The van der Waals surface area contributed by atoms with E-state index in [1.165, 1.54) is 29.4 Å². The molecular weight excluding hydrogens is 366 g/mol. The minimum atomic E-state index is -0.352. The number of hydrazone groups is 1. The number of nitrogens with zero attached hydrogens (tertiary/aromatic N) is 3. The first-order chi connectivity index (χ1) is 13.1. The fraction of sp³-hybridized carbons (Fsp3) is 0.111. The summed E-state index contributed by atoms with van der Waals surface area (Å²) in [6, 6.07) is 10.5. The van der Waals surface area contributed by atoms with Crippen LogP contribution in [0.25, 0.3) is 0 Å². The third kappa shape index (κ3) is 4.39. The number of methoxy groups -OCH3 is 1. The lowest BCUT2D eigenvalue weighted by molar-refractivity contribution is -0.115. The van der Waals surface area contributed by atoms with E-state index < -0.39 is 0 Å². The number of hydrogen-bond donors (Lipinski definition) is 2. The number of hydrogen-bond acceptors (Lipinski definition) is 6. The van der Waals surface area contributed by atoms with Crippen molar-refractivity contribution in [3.63, 3.8) is 0 Å². The van der Waals surface area contributed by atoms with E-state index in [0.717, 1.165) is 0 Å². The van der Waals surface area contributed by atoms with E-state index in [1.54, 1.807) is 55.1 Å². The number of aromatic nitrogens is 2. The Balaban J connectivity index is 1.72. The molecule has 0 bridgehead atoms. The molecule has 0 radical (unpaired) electrons. The molecular formula is C18H17N5O3S. The molecule has 9 heteroatoms. The van der Waals surface area contributed by atoms with Crippen molar-refractivity contribution in [1.29, 1.82) is 0 Å². The van der Waals surface area contributed by atoms with Gasteiger partial charge >= 0.3 is 0 Å². The van der Waals surface area contributed by atoms with Crippen molar-refractivity contribution in [2.75, 3.05) is 12.0 Å². The molecule has 2 heterocycles. The molecule has 0 aliphatic rings. The lowest BCUT2D eigenvalue weighted by Gasteiger charge is -2.18. The predicted molar refractivity (Wildman–Crippen MR) is 104 cm³/mol. The molecule has 1 aromatic carbocycles. The maximum atomic E-state index is 12.1. The molecule has 0 saturated carbocycles. The summed E-state index contributed by atoms with van der Waals surface area (Å²) in [6.45, 7) is 1.47. The Hall–Kier alpha value is -3.46. The first-order valence-corrected chi connectivity index (χ1v) is 8.83. The van der Waals surface area contributed by atoms with Crippen LogP contribution in [0.3, 0.4) is 0 Å². The van der Waals surface area contributed by atoms with E-state index in [2.05, 4.69) is 20.5 Å². The first-order valence-electron chi connectivity index (χ1n) is 7.95. The minimum Gasteiger partial charge on any atom is -0.497 e. The summed E-state index contributed by atoms with van der Waals surface area (Å²) in [7, 11) is 1.58. The van der Waals surface area contributed by atoms with Gasteiger partial charge in [0.2, 0.25) is 5.91 Å². The summed E-state index contributed by atoms with van der Waals surface area (Å²) in [6.07, 6.45) is 3.08. The van der Waals surface area contributed by atoms with Crippen LogP contribution in [0.4, 0.5) is 10.8 Å². The van der Waals surface area contributed by atoms with Gasteiger partial charge < -0.3 is 9.72 Å². The van der Waals surface area contributed by atoms with Gasteiger partial charge in [0.25, 0.3) is 5.91 Å². The van der Waals surface area contributed by atoms with Gasteiger partial charge in [-0.2, -0.15) is 5.10 Å². The molecule has 0 unspecified atom stereocenters. The van der Waals surface area contributed by atoms with Crippen LogP contribution in [0.1, 0.15) is 23.1 Å². The third-order valence-electron chi connectivity index (χ3n) is 3.55. The zero-order valence-corrected chi connectivity index (χ0v) is 15.5. The summed E-state index contributed by atoms with van der Waals surface area (Å²) in [5, 5.41) is 6.14. The van der Waals surface area contributed by atoms with Gasteiger partial charge in [-0.05, 0) is 36.4 Å². The van der Waals surface area contributed by atoms with Gasteiger partial charge in [-0.1, -0.05) is 0 Å². The van der Waals surface area contributed by atoms with Crippen LogP contribution in [-0.2, 0) is 4.79 Å². The maximum absolute atomic E-state index is 12.1. The summed E-state index contributed by atoms with van der Waals surface area (Å²) < 4.78 is 5.14. The summed E-state index contributed by atoms with van der Waals surface area (Å²) >= 11 is 1.30. The number of carbonyl (C=O) groups is 2. The van der Waals surface area contributed by atoms with E-state index >= 15 is 0 Å². The van der Waals surface area contributed by atoms with E-state index in [4.69, 9.17) is 4.74 Å². The quantitative estimate of drug-likeness (QED) is 0.505. The molecule has 138 valence electrons. The molecule has 0 aliphatic carbocycles. The van der Waals surface area contributed by atoms with E-state index in [0.29, 0.717) is 28.0 Å². The minimum absolute atomic E-state index is 0.168. The predicted octanol–water partition coefficient (Wildman–Crippen LogP) is 2.93.